The molecule has 1 saturated heterocycles. The van der Waals surface area contributed by atoms with Gasteiger partial charge in [0.1, 0.15) is 11.3 Å². The van der Waals surface area contributed by atoms with Gasteiger partial charge in [0.2, 0.25) is 0 Å². The molecule has 1 aromatic rings. The summed E-state index contributed by atoms with van der Waals surface area (Å²) in [5.74, 6) is 1.27. The molecule has 0 aromatic carbocycles. The van der Waals surface area contributed by atoms with Gasteiger partial charge >= 0.3 is 0 Å². The van der Waals surface area contributed by atoms with Crippen molar-refractivity contribution in [2.45, 2.75) is 12.8 Å². The summed E-state index contributed by atoms with van der Waals surface area (Å²) in [5, 5.41) is 7.98. The van der Waals surface area contributed by atoms with Gasteiger partial charge in [-0.2, -0.15) is 0 Å². The van der Waals surface area contributed by atoms with Crippen molar-refractivity contribution in [2.24, 2.45) is 11.7 Å². The number of nitrogens with one attached hydrogen (secondary N) is 1. The number of nitrogens with zero attached hydrogens (tertiary/aromatic N) is 3. The largest absolute Gasteiger partial charge is 0.387 e. The lowest BCUT2D eigenvalue weighted by atomic mass is 9.96. The molecule has 3 N–H and O–H groups in total. The van der Waals surface area contributed by atoms with Gasteiger partial charge in [-0.05, 0) is 12.8 Å². The first-order valence-electron chi connectivity index (χ1n) is 5.23. The normalized spacial score (nSPS) is 17.4. The van der Waals surface area contributed by atoms with Crippen molar-refractivity contribution in [1.29, 1.82) is 5.41 Å². The maximum atomic E-state index is 7.41. The first kappa shape index (κ1) is 11.1. The van der Waals surface area contributed by atoms with Crippen LogP contribution >= 0.6 is 11.6 Å². The number of anilines is 1. The third-order valence-corrected chi connectivity index (χ3v) is 3.15. The van der Waals surface area contributed by atoms with Crippen molar-refractivity contribution < 1.29 is 0 Å². The summed E-state index contributed by atoms with van der Waals surface area (Å²) >= 11 is 6.02. The minimum Gasteiger partial charge on any atom is -0.387 e. The van der Waals surface area contributed by atoms with Crippen LogP contribution in [0.1, 0.15) is 12.8 Å². The molecule has 0 amide bonds. The zero-order chi connectivity index (χ0) is 11.5. The van der Waals surface area contributed by atoms with Gasteiger partial charge in [0.05, 0.1) is 12.0 Å². The monoisotopic (exact) mass is 239 g/mol. The number of hydrogen-bond acceptors (Lipinski definition) is 4. The molecular formula is C10H14ClN5. The average molecular weight is 240 g/mol. The Morgan fingerprint density at radius 1 is 1.50 bits per heavy atom. The fourth-order valence-electron chi connectivity index (χ4n) is 1.94. The second kappa shape index (κ2) is 4.65. The molecule has 0 aliphatic carbocycles. The van der Waals surface area contributed by atoms with E-state index >= 15 is 0 Å². The summed E-state index contributed by atoms with van der Waals surface area (Å²) in [7, 11) is 0. The Hall–Kier alpha value is -1.36. The van der Waals surface area contributed by atoms with Crippen LogP contribution in [0.5, 0.6) is 0 Å². The Labute approximate surface area is 99.1 Å². The molecule has 0 unspecified atom stereocenters. The van der Waals surface area contributed by atoms with Crippen LogP contribution in [0.15, 0.2) is 12.5 Å². The summed E-state index contributed by atoms with van der Waals surface area (Å²) < 4.78 is 0. The molecule has 0 spiro atoms. The van der Waals surface area contributed by atoms with Crippen molar-refractivity contribution in [3.05, 3.63) is 17.5 Å². The molecule has 0 saturated carbocycles. The minimum atomic E-state index is 0.205. The van der Waals surface area contributed by atoms with Crippen LogP contribution in [-0.4, -0.2) is 28.9 Å². The van der Waals surface area contributed by atoms with Crippen LogP contribution in [-0.2, 0) is 0 Å². The summed E-state index contributed by atoms with van der Waals surface area (Å²) in [6.07, 6.45) is 4.87. The molecule has 1 aromatic heterocycles. The van der Waals surface area contributed by atoms with Gasteiger partial charge in [0.15, 0.2) is 5.82 Å². The lowest BCUT2D eigenvalue weighted by Crippen LogP contribution is -2.38. The molecule has 0 bridgehead atoms. The van der Waals surface area contributed by atoms with Crippen LogP contribution in [0.4, 0.5) is 5.82 Å². The van der Waals surface area contributed by atoms with Gasteiger partial charge in [-0.3, -0.25) is 5.41 Å². The van der Waals surface area contributed by atoms with Gasteiger partial charge in [-0.15, -0.1) is 0 Å². The van der Waals surface area contributed by atoms with Crippen molar-refractivity contribution in [2.75, 3.05) is 18.0 Å². The topological polar surface area (TPSA) is 78.9 Å². The predicted octanol–water partition coefficient (Wildman–Crippen LogP) is 1.28. The molecule has 2 rings (SSSR count). The molecule has 2 heterocycles. The van der Waals surface area contributed by atoms with E-state index in [4.69, 9.17) is 22.7 Å². The van der Waals surface area contributed by atoms with E-state index in [0.717, 1.165) is 31.7 Å². The van der Waals surface area contributed by atoms with Crippen LogP contribution in [0.25, 0.3) is 0 Å². The van der Waals surface area contributed by atoms with Gasteiger partial charge in [-0.1, -0.05) is 11.6 Å². The third-order valence-electron chi connectivity index (χ3n) is 2.88. The maximum absolute atomic E-state index is 7.41. The maximum Gasteiger partial charge on any atom is 0.150 e. The van der Waals surface area contributed by atoms with E-state index in [1.807, 2.05) is 0 Å². The highest BCUT2D eigenvalue weighted by Crippen LogP contribution is 2.26. The molecule has 86 valence electrons. The van der Waals surface area contributed by atoms with Crippen molar-refractivity contribution in [3.8, 4) is 0 Å². The highest BCUT2D eigenvalue weighted by Gasteiger charge is 2.23. The van der Waals surface area contributed by atoms with E-state index in [9.17, 15) is 0 Å². The van der Waals surface area contributed by atoms with Crippen molar-refractivity contribution in [1.82, 2.24) is 9.97 Å². The van der Waals surface area contributed by atoms with E-state index in [1.54, 1.807) is 6.20 Å². The van der Waals surface area contributed by atoms with Crippen molar-refractivity contribution >= 4 is 23.3 Å². The van der Waals surface area contributed by atoms with E-state index in [1.165, 1.54) is 6.33 Å². The fourth-order valence-corrected chi connectivity index (χ4v) is 2.17. The Morgan fingerprint density at radius 3 is 2.75 bits per heavy atom. The zero-order valence-corrected chi connectivity index (χ0v) is 9.61. The smallest absolute Gasteiger partial charge is 0.150 e. The number of hydrogen-bond donors (Lipinski definition) is 2. The molecule has 0 radical (unpaired) electrons. The molecule has 1 aliphatic rings. The van der Waals surface area contributed by atoms with Crippen LogP contribution < -0.4 is 10.6 Å². The number of amidine groups is 1. The summed E-state index contributed by atoms with van der Waals surface area (Å²) in [6.45, 7) is 1.67. The van der Waals surface area contributed by atoms with Gasteiger partial charge in [0.25, 0.3) is 0 Å². The van der Waals surface area contributed by atoms with Crippen LogP contribution in [0.2, 0.25) is 5.02 Å². The Balaban J connectivity index is 2.05. The van der Waals surface area contributed by atoms with Gasteiger partial charge in [-0.25, -0.2) is 9.97 Å². The Kier molecular flexibility index (Phi) is 3.24. The molecular weight excluding hydrogens is 226 g/mol. The Bertz CT molecular complexity index is 387. The highest BCUT2D eigenvalue weighted by atomic mass is 35.5. The van der Waals surface area contributed by atoms with Gasteiger partial charge in [0, 0.05) is 19.0 Å². The summed E-state index contributed by atoms with van der Waals surface area (Å²) in [4.78, 5) is 10.1. The fraction of sp³-hybridized carbons (Fsp3) is 0.500. The molecule has 16 heavy (non-hydrogen) atoms. The Morgan fingerprint density at radius 2 is 2.19 bits per heavy atom. The molecule has 1 fully saturated rings. The molecule has 0 atom stereocenters. The van der Waals surface area contributed by atoms with Crippen molar-refractivity contribution in [3.63, 3.8) is 0 Å². The second-order valence-electron chi connectivity index (χ2n) is 3.91. The second-order valence-corrected chi connectivity index (χ2v) is 4.32. The average Bonchev–Trinajstić information content (AvgIpc) is 2.30. The first-order valence-corrected chi connectivity index (χ1v) is 5.60. The van der Waals surface area contributed by atoms with Crippen LogP contribution in [0.3, 0.4) is 0 Å². The summed E-state index contributed by atoms with van der Waals surface area (Å²) in [6, 6.07) is 0. The number of rotatable bonds is 2. The summed E-state index contributed by atoms with van der Waals surface area (Å²) in [5.41, 5.74) is 5.49. The third kappa shape index (κ3) is 2.24. The van der Waals surface area contributed by atoms with Crippen LogP contribution in [0, 0.1) is 11.3 Å². The zero-order valence-electron chi connectivity index (χ0n) is 8.86. The number of aromatic nitrogens is 2. The minimum absolute atomic E-state index is 0.205. The standard InChI is InChI=1S/C10H14ClN5/c11-8-5-14-6-15-10(8)16-3-1-7(2-4-16)9(12)13/h5-7H,1-4H2,(H3,12,13). The highest BCUT2D eigenvalue weighted by molar-refractivity contribution is 6.32. The lowest BCUT2D eigenvalue weighted by molar-refractivity contribution is 0.495. The van der Waals surface area contributed by atoms with Gasteiger partial charge < -0.3 is 10.6 Å². The number of nitrogens with two attached hydrogens (primary N) is 1. The molecule has 6 heteroatoms. The molecule has 1 aliphatic heterocycles. The number of halogens is 1. The number of piperidine rings is 1. The van der Waals surface area contributed by atoms with E-state index in [-0.39, 0.29) is 11.8 Å². The predicted molar refractivity (Wildman–Crippen MR) is 63.9 cm³/mol. The van der Waals surface area contributed by atoms with E-state index in [0.29, 0.717) is 5.02 Å². The van der Waals surface area contributed by atoms with E-state index in [2.05, 4.69) is 14.9 Å². The first-order chi connectivity index (χ1) is 7.68. The quantitative estimate of drug-likeness (QED) is 0.602. The van der Waals surface area contributed by atoms with E-state index < -0.39 is 0 Å². The SMILES string of the molecule is N=C(N)C1CCN(c2ncncc2Cl)CC1. The lowest BCUT2D eigenvalue weighted by Gasteiger charge is -2.32. The molecule has 5 nitrogen and oxygen atoms in total.